The van der Waals surface area contributed by atoms with Gasteiger partial charge in [-0.2, -0.15) is 8.42 Å². The fourth-order valence-electron chi connectivity index (χ4n) is 0.902. The molecule has 0 N–H and O–H groups in total. The molecular weight excluding hydrogens is 160 g/mol. The first kappa shape index (κ1) is 8.01. The van der Waals surface area contributed by atoms with E-state index in [2.05, 4.69) is 6.58 Å². The molecule has 0 bridgehead atoms. The summed E-state index contributed by atoms with van der Waals surface area (Å²) in [6.07, 6.45) is 8.48. The van der Waals surface area contributed by atoms with Gasteiger partial charge in [-0.05, 0) is 6.08 Å². The quantitative estimate of drug-likeness (QED) is 0.432. The average molecular weight is 168 g/mol. The average Bonchev–Trinajstić information content (AvgIpc) is 2.04. The monoisotopic (exact) mass is 168 g/mol. The van der Waals surface area contributed by atoms with Gasteiger partial charge in [-0.1, -0.05) is 24.3 Å². The minimum absolute atomic E-state index is 0.154. The number of allylic oxidation sites excluding steroid dienone is 5. The van der Waals surface area contributed by atoms with Gasteiger partial charge < -0.3 is 0 Å². The second-order valence-corrected chi connectivity index (χ2v) is 3.08. The van der Waals surface area contributed by atoms with Crippen LogP contribution < -0.4 is 0 Å². The Kier molecular flexibility index (Phi) is 2.44. The van der Waals surface area contributed by atoms with Gasteiger partial charge in [-0.25, -0.2) is 0 Å². The Morgan fingerprint density at radius 2 is 2.18 bits per heavy atom. The molecule has 0 heterocycles. The zero-order valence-corrected chi connectivity index (χ0v) is 6.71. The third-order valence-electron chi connectivity index (χ3n) is 1.46. The molecule has 1 rings (SSSR count). The van der Waals surface area contributed by atoms with Crippen LogP contribution in [0, 0.1) is 5.92 Å². The molecule has 0 aliphatic heterocycles. The van der Waals surface area contributed by atoms with Crippen molar-refractivity contribution >= 4 is 15.2 Å². The molecule has 0 radical (unpaired) electrons. The van der Waals surface area contributed by atoms with Gasteiger partial charge in [0.15, 0.2) is 0 Å². The van der Waals surface area contributed by atoms with Gasteiger partial charge in [0, 0.05) is 5.92 Å². The van der Waals surface area contributed by atoms with Crippen molar-refractivity contribution in [2.45, 2.75) is 0 Å². The molecule has 1 aliphatic rings. The standard InChI is InChI=1S/C8H8O2S/c1-2-7-5-3-4-6-8(7)11(9)10/h2-7H,1H2. The Morgan fingerprint density at radius 3 is 2.64 bits per heavy atom. The van der Waals surface area contributed by atoms with E-state index in [1.54, 1.807) is 24.3 Å². The third kappa shape index (κ3) is 1.68. The number of hydrogen-bond acceptors (Lipinski definition) is 2. The molecule has 0 saturated heterocycles. The SMILES string of the molecule is C=CC1C=CC=CC1=S(=O)=O. The maximum Gasteiger partial charge on any atom is 0.218 e. The minimum atomic E-state index is -2.12. The van der Waals surface area contributed by atoms with Crippen LogP contribution in [0.2, 0.25) is 0 Å². The number of rotatable bonds is 1. The van der Waals surface area contributed by atoms with Crippen molar-refractivity contribution in [3.8, 4) is 0 Å². The molecule has 1 atom stereocenters. The molecule has 0 fully saturated rings. The van der Waals surface area contributed by atoms with E-state index < -0.39 is 10.3 Å². The van der Waals surface area contributed by atoms with E-state index in [1.165, 1.54) is 0 Å². The van der Waals surface area contributed by atoms with Crippen molar-refractivity contribution in [3.63, 3.8) is 0 Å². The highest BCUT2D eigenvalue weighted by atomic mass is 32.2. The van der Waals surface area contributed by atoms with Crippen LogP contribution in [-0.4, -0.2) is 13.3 Å². The van der Waals surface area contributed by atoms with Crippen LogP contribution in [0.15, 0.2) is 37.0 Å². The fraction of sp³-hybridized carbons (Fsp3) is 0.125. The Bertz CT molecular complexity index is 336. The van der Waals surface area contributed by atoms with Crippen LogP contribution in [0.1, 0.15) is 0 Å². The summed E-state index contributed by atoms with van der Waals surface area (Å²) in [6, 6.07) is 0. The van der Waals surface area contributed by atoms with E-state index in [1.807, 2.05) is 6.08 Å². The van der Waals surface area contributed by atoms with Crippen molar-refractivity contribution in [3.05, 3.63) is 37.0 Å². The molecule has 0 aromatic heterocycles. The molecule has 58 valence electrons. The predicted molar refractivity (Wildman–Crippen MR) is 45.9 cm³/mol. The highest BCUT2D eigenvalue weighted by Gasteiger charge is 2.09. The predicted octanol–water partition coefficient (Wildman–Crippen LogP) is 0.966. The Balaban J connectivity index is 3.18. The number of hydrogen-bond donors (Lipinski definition) is 0. The first-order valence-corrected chi connectivity index (χ1v) is 4.26. The Labute approximate surface area is 67.1 Å². The van der Waals surface area contributed by atoms with Gasteiger partial charge in [0.05, 0.1) is 4.86 Å². The van der Waals surface area contributed by atoms with Crippen LogP contribution in [0.4, 0.5) is 0 Å². The van der Waals surface area contributed by atoms with Gasteiger partial charge in [-0.3, -0.25) is 0 Å². The van der Waals surface area contributed by atoms with E-state index in [0.717, 1.165) is 0 Å². The molecule has 0 aromatic carbocycles. The summed E-state index contributed by atoms with van der Waals surface area (Å²) in [5, 5.41) is 0. The first-order chi connectivity index (χ1) is 5.25. The van der Waals surface area contributed by atoms with Gasteiger partial charge >= 0.3 is 0 Å². The van der Waals surface area contributed by atoms with Crippen molar-refractivity contribution in [1.82, 2.24) is 0 Å². The van der Waals surface area contributed by atoms with Crippen molar-refractivity contribution in [1.29, 1.82) is 0 Å². The van der Waals surface area contributed by atoms with Gasteiger partial charge in [-0.15, -0.1) is 6.58 Å². The van der Waals surface area contributed by atoms with E-state index in [0.29, 0.717) is 4.86 Å². The second-order valence-electron chi connectivity index (χ2n) is 2.14. The summed E-state index contributed by atoms with van der Waals surface area (Å²) in [7, 11) is -2.12. The minimum Gasteiger partial charge on any atom is -0.184 e. The zero-order valence-electron chi connectivity index (χ0n) is 5.90. The lowest BCUT2D eigenvalue weighted by atomic mass is 10.0. The molecule has 11 heavy (non-hydrogen) atoms. The summed E-state index contributed by atoms with van der Waals surface area (Å²) in [5.41, 5.74) is 0. The van der Waals surface area contributed by atoms with Crippen LogP contribution in [0.3, 0.4) is 0 Å². The maximum absolute atomic E-state index is 10.6. The van der Waals surface area contributed by atoms with Crippen molar-refractivity contribution < 1.29 is 8.42 Å². The molecule has 0 saturated carbocycles. The summed E-state index contributed by atoms with van der Waals surface area (Å²) in [4.78, 5) is 0.377. The van der Waals surface area contributed by atoms with Gasteiger partial charge in [0.25, 0.3) is 0 Å². The fourth-order valence-corrected chi connectivity index (χ4v) is 1.49. The molecule has 1 aliphatic carbocycles. The lowest BCUT2D eigenvalue weighted by Gasteiger charge is -2.06. The maximum atomic E-state index is 10.6. The Hall–Kier alpha value is -1.09. The largest absolute Gasteiger partial charge is 0.218 e. The summed E-state index contributed by atoms with van der Waals surface area (Å²) in [5.74, 6) is -0.154. The van der Waals surface area contributed by atoms with Crippen molar-refractivity contribution in [2.75, 3.05) is 0 Å². The van der Waals surface area contributed by atoms with Crippen LogP contribution >= 0.6 is 0 Å². The van der Waals surface area contributed by atoms with Crippen LogP contribution in [0.25, 0.3) is 0 Å². The summed E-state index contributed by atoms with van der Waals surface area (Å²) in [6.45, 7) is 3.54. The topological polar surface area (TPSA) is 34.1 Å². The Morgan fingerprint density at radius 1 is 1.45 bits per heavy atom. The van der Waals surface area contributed by atoms with E-state index >= 15 is 0 Å². The molecular formula is C8H8O2S. The molecule has 2 nitrogen and oxygen atoms in total. The van der Waals surface area contributed by atoms with Crippen molar-refractivity contribution in [2.24, 2.45) is 5.92 Å². The molecule has 3 heteroatoms. The smallest absolute Gasteiger partial charge is 0.184 e. The summed E-state index contributed by atoms with van der Waals surface area (Å²) < 4.78 is 21.1. The van der Waals surface area contributed by atoms with E-state index in [4.69, 9.17) is 0 Å². The van der Waals surface area contributed by atoms with E-state index in [9.17, 15) is 8.42 Å². The molecule has 0 amide bonds. The third-order valence-corrected chi connectivity index (χ3v) is 2.26. The highest BCUT2D eigenvalue weighted by molar-refractivity contribution is 7.73. The van der Waals surface area contributed by atoms with E-state index in [-0.39, 0.29) is 5.92 Å². The molecule has 0 aromatic rings. The van der Waals surface area contributed by atoms with Crippen LogP contribution in [-0.2, 0) is 10.3 Å². The normalized spacial score (nSPS) is 21.8. The van der Waals surface area contributed by atoms with Gasteiger partial charge in [0.1, 0.15) is 0 Å². The molecule has 1 unspecified atom stereocenters. The highest BCUT2D eigenvalue weighted by Crippen LogP contribution is 2.08. The summed E-state index contributed by atoms with van der Waals surface area (Å²) >= 11 is 0. The molecule has 0 spiro atoms. The zero-order chi connectivity index (χ0) is 8.27. The lowest BCUT2D eigenvalue weighted by molar-refractivity contribution is 0.626. The second kappa shape index (κ2) is 3.34. The first-order valence-electron chi connectivity index (χ1n) is 3.19. The van der Waals surface area contributed by atoms with Crippen LogP contribution in [0.5, 0.6) is 0 Å². The lowest BCUT2D eigenvalue weighted by Crippen LogP contribution is -2.09. The van der Waals surface area contributed by atoms with Gasteiger partial charge in [0.2, 0.25) is 10.3 Å².